The number of fused-ring (bicyclic) bond motifs is 1. The number of ether oxygens (including phenoxy) is 1. The Balaban J connectivity index is 0.909. The lowest BCUT2D eigenvalue weighted by Crippen LogP contribution is -2.54. The molecule has 0 radical (unpaired) electrons. The van der Waals surface area contributed by atoms with E-state index in [1.54, 1.807) is 18.3 Å². The number of carbonyl (C=O) groups excluding carboxylic acids is 1. The topological polar surface area (TPSA) is 129 Å². The van der Waals surface area contributed by atoms with Crippen LogP contribution in [0.25, 0.3) is 11.3 Å². The van der Waals surface area contributed by atoms with E-state index in [1.807, 2.05) is 11.0 Å². The zero-order valence-electron chi connectivity index (χ0n) is 29.0. The average Bonchev–Trinajstić information content (AvgIpc) is 3.16. The number of amides is 1. The molecule has 4 N–H and O–H groups in total. The number of alkyl halides is 2. The van der Waals surface area contributed by atoms with E-state index in [0.717, 1.165) is 68.1 Å². The number of benzene rings is 2. The van der Waals surface area contributed by atoms with Gasteiger partial charge in [-0.1, -0.05) is 24.3 Å². The van der Waals surface area contributed by atoms with E-state index in [0.29, 0.717) is 37.4 Å². The molecule has 10 nitrogen and oxygen atoms in total. The third-order valence-electron chi connectivity index (χ3n) is 11.8. The number of phenols is 1. The second-order valence-corrected chi connectivity index (χ2v) is 14.8. The number of hydrogen-bond donors (Lipinski definition) is 3. The molecule has 2 saturated heterocycles. The Morgan fingerprint density at radius 1 is 1.00 bits per heavy atom. The molecule has 13 heteroatoms. The Hall–Kier alpha value is -4.65. The standard InChI is InChI=1S/C39H44F3N7O3/c40-30-6-1-5-27(35(30)50)32-21-28(37(43)47-46-32)31-20-24(13-16-44-31)29-14-17-48(22-39(29,41)42)25-11-9-23(10-12-25)26-4-2-7-33-36(26)52-19-18-49(33)34-8-3-15-45-38(34)51/h1-2,4-7,13,16,21,23-25,29,34,50H,3,8-12,14-15,17-20,22H2,(H2,43,47)(H,45,51)/t23?,24?,25?,29?,34-/m1/s1. The molecule has 5 aliphatic rings. The highest BCUT2D eigenvalue weighted by Gasteiger charge is 2.49. The molecule has 0 bridgehead atoms. The number of aromatic nitrogens is 2. The first-order valence-electron chi connectivity index (χ1n) is 18.4. The molecule has 4 aliphatic heterocycles. The molecule has 2 aromatic carbocycles. The fourth-order valence-corrected chi connectivity index (χ4v) is 9.09. The van der Waals surface area contributed by atoms with Gasteiger partial charge >= 0.3 is 0 Å². The van der Waals surface area contributed by atoms with Crippen molar-refractivity contribution < 1.29 is 27.8 Å². The molecule has 1 saturated carbocycles. The van der Waals surface area contributed by atoms with Crippen molar-refractivity contribution in [3.63, 3.8) is 0 Å². The summed E-state index contributed by atoms with van der Waals surface area (Å²) in [7, 11) is 0. The van der Waals surface area contributed by atoms with Gasteiger partial charge in [0, 0.05) is 35.8 Å². The van der Waals surface area contributed by atoms with Gasteiger partial charge in [0.25, 0.3) is 5.92 Å². The van der Waals surface area contributed by atoms with Crippen molar-refractivity contribution in [1.82, 2.24) is 20.4 Å². The van der Waals surface area contributed by atoms with Crippen LogP contribution in [0.5, 0.6) is 11.5 Å². The molecule has 3 atom stereocenters. The Labute approximate surface area is 300 Å². The second-order valence-electron chi connectivity index (χ2n) is 14.8. The van der Waals surface area contributed by atoms with Crippen molar-refractivity contribution >= 4 is 23.1 Å². The molecule has 274 valence electrons. The number of nitrogens with two attached hydrogens (primary N) is 1. The van der Waals surface area contributed by atoms with Crippen LogP contribution in [0.3, 0.4) is 0 Å². The lowest BCUT2D eigenvalue weighted by atomic mass is 9.76. The first kappa shape index (κ1) is 34.4. The smallest absolute Gasteiger partial charge is 0.263 e. The van der Waals surface area contributed by atoms with Crippen molar-refractivity contribution in [2.75, 3.05) is 43.4 Å². The Kier molecular flexibility index (Phi) is 9.31. The summed E-state index contributed by atoms with van der Waals surface area (Å²) in [4.78, 5) is 21.4. The quantitative estimate of drug-likeness (QED) is 0.281. The highest BCUT2D eigenvalue weighted by Crippen LogP contribution is 2.47. The molecule has 52 heavy (non-hydrogen) atoms. The molecule has 1 amide bonds. The van der Waals surface area contributed by atoms with Gasteiger partial charge < -0.3 is 25.8 Å². The maximum absolute atomic E-state index is 16.1. The summed E-state index contributed by atoms with van der Waals surface area (Å²) in [6, 6.07) is 11.8. The minimum Gasteiger partial charge on any atom is -0.504 e. The minimum atomic E-state index is -2.91. The summed E-state index contributed by atoms with van der Waals surface area (Å²) >= 11 is 0. The Morgan fingerprint density at radius 2 is 1.83 bits per heavy atom. The van der Waals surface area contributed by atoms with Gasteiger partial charge in [0.15, 0.2) is 17.4 Å². The summed E-state index contributed by atoms with van der Waals surface area (Å²) < 4.78 is 52.5. The molecule has 2 unspecified atom stereocenters. The molecule has 0 spiro atoms. The van der Waals surface area contributed by atoms with Crippen LogP contribution in [0.1, 0.15) is 68.4 Å². The fraction of sp³-hybridized carbons (Fsp3) is 0.487. The van der Waals surface area contributed by atoms with Crippen LogP contribution >= 0.6 is 0 Å². The highest BCUT2D eigenvalue weighted by molar-refractivity contribution is 6.05. The van der Waals surface area contributed by atoms with E-state index < -0.39 is 29.3 Å². The zero-order chi connectivity index (χ0) is 36.0. The third-order valence-corrected chi connectivity index (χ3v) is 11.8. The van der Waals surface area contributed by atoms with Crippen LogP contribution in [-0.4, -0.2) is 82.6 Å². The predicted molar refractivity (Wildman–Crippen MR) is 192 cm³/mol. The number of aromatic hydroxyl groups is 1. The summed E-state index contributed by atoms with van der Waals surface area (Å²) in [6.07, 6.45) is 9.16. The minimum absolute atomic E-state index is 0.0764. The number of piperidine rings is 2. The third kappa shape index (κ3) is 6.48. The van der Waals surface area contributed by atoms with Gasteiger partial charge in [-0.15, -0.1) is 10.2 Å². The molecule has 8 rings (SSSR count). The summed E-state index contributed by atoms with van der Waals surface area (Å²) in [5.74, 6) is -4.27. The Morgan fingerprint density at radius 3 is 2.63 bits per heavy atom. The second kappa shape index (κ2) is 14.1. The first-order valence-corrected chi connectivity index (χ1v) is 18.4. The number of nitrogen functional groups attached to an aromatic ring is 1. The molecule has 5 heterocycles. The molecule has 1 aromatic heterocycles. The van der Waals surface area contributed by atoms with E-state index in [2.05, 4.69) is 37.5 Å². The number of rotatable bonds is 6. The van der Waals surface area contributed by atoms with Crippen LogP contribution in [-0.2, 0) is 4.79 Å². The van der Waals surface area contributed by atoms with E-state index in [1.165, 1.54) is 12.1 Å². The van der Waals surface area contributed by atoms with Gasteiger partial charge in [-0.3, -0.25) is 14.7 Å². The van der Waals surface area contributed by atoms with Gasteiger partial charge in [0.2, 0.25) is 5.91 Å². The lowest BCUT2D eigenvalue weighted by Gasteiger charge is -2.46. The number of hydrogen-bond acceptors (Lipinski definition) is 9. The molecule has 3 fully saturated rings. The van der Waals surface area contributed by atoms with Crippen LogP contribution < -0.4 is 20.7 Å². The number of halogens is 3. The van der Waals surface area contributed by atoms with Crippen molar-refractivity contribution in [2.45, 2.75) is 75.3 Å². The van der Waals surface area contributed by atoms with Crippen molar-refractivity contribution in [3.05, 3.63) is 71.7 Å². The molecule has 1 aliphatic carbocycles. The number of phenolic OH excluding ortho intramolecular Hbond substituents is 1. The number of allylic oxidation sites excluding steroid dienone is 1. The summed E-state index contributed by atoms with van der Waals surface area (Å²) in [6.45, 7) is 2.24. The van der Waals surface area contributed by atoms with Crippen molar-refractivity contribution in [3.8, 4) is 22.8 Å². The highest BCUT2D eigenvalue weighted by atomic mass is 19.3. The van der Waals surface area contributed by atoms with E-state index in [9.17, 15) is 14.3 Å². The summed E-state index contributed by atoms with van der Waals surface area (Å²) in [5.41, 5.74) is 9.61. The lowest BCUT2D eigenvalue weighted by molar-refractivity contribution is -0.133. The monoisotopic (exact) mass is 715 g/mol. The number of likely N-dealkylation sites (tertiary alicyclic amines) is 1. The number of aliphatic imine (C=N–C) groups is 1. The maximum Gasteiger partial charge on any atom is 0.263 e. The largest absolute Gasteiger partial charge is 0.504 e. The van der Waals surface area contributed by atoms with E-state index in [-0.39, 0.29) is 53.9 Å². The van der Waals surface area contributed by atoms with Crippen LogP contribution in [0.15, 0.2) is 59.7 Å². The average molecular weight is 716 g/mol. The van der Waals surface area contributed by atoms with E-state index >= 15 is 8.78 Å². The van der Waals surface area contributed by atoms with Gasteiger partial charge in [-0.05, 0) is 99.6 Å². The van der Waals surface area contributed by atoms with Gasteiger partial charge in [-0.2, -0.15) is 0 Å². The number of para-hydroxylation sites is 2. The van der Waals surface area contributed by atoms with Crippen molar-refractivity contribution in [1.29, 1.82) is 0 Å². The zero-order valence-corrected chi connectivity index (χ0v) is 29.0. The van der Waals surface area contributed by atoms with Gasteiger partial charge in [0.1, 0.15) is 18.4 Å². The van der Waals surface area contributed by atoms with Crippen LogP contribution in [0, 0.1) is 17.7 Å². The van der Waals surface area contributed by atoms with E-state index in [4.69, 9.17) is 10.5 Å². The normalized spacial score (nSPS) is 27.7. The SMILES string of the molecule is Nc1nnc(-c2cccc(F)c2O)cc1C1=NC=CC(C2CCN(C3CCC(c4cccc5c4OCCN5[C@@H]4CCCNC4=O)CC3)CC2(F)F)C1. The molecular weight excluding hydrogens is 671 g/mol. The number of anilines is 2. The number of nitrogens with zero attached hydrogens (tertiary/aromatic N) is 5. The number of nitrogens with one attached hydrogen (secondary N) is 1. The van der Waals surface area contributed by atoms with Crippen LogP contribution in [0.2, 0.25) is 0 Å². The van der Waals surface area contributed by atoms with Gasteiger partial charge in [-0.25, -0.2) is 13.2 Å². The maximum atomic E-state index is 16.1. The molecular formula is C39H44F3N7O3. The predicted octanol–water partition coefficient (Wildman–Crippen LogP) is 6.05. The van der Waals surface area contributed by atoms with Crippen molar-refractivity contribution in [2.24, 2.45) is 16.8 Å². The van der Waals surface area contributed by atoms with Gasteiger partial charge in [0.05, 0.1) is 30.2 Å². The first-order chi connectivity index (χ1) is 25.2. The number of carbonyl (C=O) groups is 1. The molecule has 3 aromatic rings. The summed E-state index contributed by atoms with van der Waals surface area (Å²) in [5, 5.41) is 21.3. The Bertz CT molecular complexity index is 1900. The van der Waals surface area contributed by atoms with Crippen LogP contribution in [0.4, 0.5) is 24.7 Å². The fourth-order valence-electron chi connectivity index (χ4n) is 9.09.